The van der Waals surface area contributed by atoms with E-state index in [-0.39, 0.29) is 11.0 Å². The first kappa shape index (κ1) is 18.3. The second-order valence-electron chi connectivity index (χ2n) is 6.19. The molecule has 1 unspecified atom stereocenters. The van der Waals surface area contributed by atoms with Gasteiger partial charge in [0.25, 0.3) is 0 Å². The Kier molecular flexibility index (Phi) is 6.13. The molecule has 0 aromatic heterocycles. The summed E-state index contributed by atoms with van der Waals surface area (Å²) in [6, 6.07) is 26.0. The number of carbonyl (C=O) groups is 1. The molecule has 2 nitrogen and oxygen atoms in total. The predicted molar refractivity (Wildman–Crippen MR) is 108 cm³/mol. The van der Waals surface area contributed by atoms with E-state index < -0.39 is 0 Å². The number of hydrogen-bond donors (Lipinski definition) is 0. The van der Waals surface area contributed by atoms with Crippen molar-refractivity contribution in [1.82, 2.24) is 0 Å². The van der Waals surface area contributed by atoms with Gasteiger partial charge in [0, 0.05) is 22.1 Å². The number of thioether (sulfide) groups is 1. The first-order valence-corrected chi connectivity index (χ1v) is 9.49. The summed E-state index contributed by atoms with van der Waals surface area (Å²) in [5.74, 6) is 0.983. The lowest BCUT2D eigenvalue weighted by molar-refractivity contribution is 0.0982. The Morgan fingerprint density at radius 2 is 1.58 bits per heavy atom. The standard InChI is InChI=1S/C23H22O2S/c1-17-8-10-18(11-9-17)22(24)16-23(26-21-6-4-3-5-7-21)19-12-14-20(25-2)15-13-19/h3-15,23H,16H2,1-2H3. The third-order valence-corrected chi connectivity index (χ3v) is 5.52. The molecule has 3 heteroatoms. The molecule has 26 heavy (non-hydrogen) atoms. The minimum atomic E-state index is 0.0529. The Morgan fingerprint density at radius 3 is 2.19 bits per heavy atom. The van der Waals surface area contributed by atoms with Crippen molar-refractivity contribution in [3.63, 3.8) is 0 Å². The van der Waals surface area contributed by atoms with Crippen molar-refractivity contribution in [3.05, 3.63) is 95.6 Å². The highest BCUT2D eigenvalue weighted by atomic mass is 32.2. The zero-order valence-electron chi connectivity index (χ0n) is 15.0. The number of ether oxygens (including phenoxy) is 1. The first-order chi connectivity index (χ1) is 12.7. The molecule has 3 rings (SSSR count). The molecule has 0 aliphatic rings. The molecule has 3 aromatic rings. The molecule has 1 atom stereocenters. The van der Waals surface area contributed by atoms with Gasteiger partial charge in [-0.2, -0.15) is 0 Å². The zero-order valence-corrected chi connectivity index (χ0v) is 15.8. The van der Waals surface area contributed by atoms with E-state index in [4.69, 9.17) is 4.74 Å². The van der Waals surface area contributed by atoms with Crippen molar-refractivity contribution in [2.45, 2.75) is 23.5 Å². The smallest absolute Gasteiger partial charge is 0.164 e. The number of carbonyl (C=O) groups excluding carboxylic acids is 1. The Balaban J connectivity index is 1.83. The van der Waals surface area contributed by atoms with Crippen LogP contribution in [-0.2, 0) is 0 Å². The van der Waals surface area contributed by atoms with Crippen LogP contribution in [0.5, 0.6) is 5.75 Å². The summed E-state index contributed by atoms with van der Waals surface area (Å²) in [7, 11) is 1.66. The fourth-order valence-corrected chi connectivity index (χ4v) is 3.91. The van der Waals surface area contributed by atoms with Crippen LogP contribution < -0.4 is 4.74 Å². The lowest BCUT2D eigenvalue weighted by Crippen LogP contribution is -2.05. The highest BCUT2D eigenvalue weighted by molar-refractivity contribution is 7.99. The second-order valence-corrected chi connectivity index (χ2v) is 7.46. The Labute approximate surface area is 159 Å². The van der Waals surface area contributed by atoms with Gasteiger partial charge in [-0.25, -0.2) is 0 Å². The van der Waals surface area contributed by atoms with E-state index in [1.54, 1.807) is 18.9 Å². The summed E-state index contributed by atoms with van der Waals surface area (Å²) in [6.45, 7) is 2.03. The van der Waals surface area contributed by atoms with Gasteiger partial charge in [0.05, 0.1) is 7.11 Å². The summed E-state index contributed by atoms with van der Waals surface area (Å²) < 4.78 is 5.26. The molecule has 3 aromatic carbocycles. The van der Waals surface area contributed by atoms with Gasteiger partial charge in [-0.1, -0.05) is 60.2 Å². The van der Waals surface area contributed by atoms with Crippen molar-refractivity contribution in [2.75, 3.05) is 7.11 Å². The summed E-state index contributed by atoms with van der Waals surface area (Å²) in [4.78, 5) is 14.0. The molecule has 0 spiro atoms. The van der Waals surface area contributed by atoms with Crippen molar-refractivity contribution in [3.8, 4) is 5.75 Å². The van der Waals surface area contributed by atoms with Gasteiger partial charge < -0.3 is 4.74 Å². The molecule has 0 saturated heterocycles. The van der Waals surface area contributed by atoms with Crippen LogP contribution in [0.15, 0.2) is 83.8 Å². The predicted octanol–water partition coefficient (Wildman–Crippen LogP) is 6.11. The molecular formula is C23H22O2S. The Bertz CT molecular complexity index is 840. The number of methoxy groups -OCH3 is 1. The van der Waals surface area contributed by atoms with E-state index in [0.29, 0.717) is 6.42 Å². The van der Waals surface area contributed by atoms with Crippen molar-refractivity contribution >= 4 is 17.5 Å². The van der Waals surface area contributed by atoms with Crippen LogP contribution in [0.4, 0.5) is 0 Å². The van der Waals surface area contributed by atoms with Crippen LogP contribution in [-0.4, -0.2) is 12.9 Å². The zero-order chi connectivity index (χ0) is 18.4. The molecule has 0 aliphatic carbocycles. The molecule has 0 heterocycles. The van der Waals surface area contributed by atoms with Gasteiger partial charge in [-0.05, 0) is 36.8 Å². The highest BCUT2D eigenvalue weighted by Crippen LogP contribution is 2.39. The van der Waals surface area contributed by atoms with E-state index in [9.17, 15) is 4.79 Å². The van der Waals surface area contributed by atoms with Crippen LogP contribution in [0.3, 0.4) is 0 Å². The van der Waals surface area contributed by atoms with Gasteiger partial charge in [-0.15, -0.1) is 11.8 Å². The third-order valence-electron chi connectivity index (χ3n) is 4.25. The molecule has 132 valence electrons. The van der Waals surface area contributed by atoms with Crippen molar-refractivity contribution in [2.24, 2.45) is 0 Å². The van der Waals surface area contributed by atoms with Gasteiger partial charge in [-0.3, -0.25) is 4.79 Å². The number of aryl methyl sites for hydroxylation is 1. The van der Waals surface area contributed by atoms with Crippen molar-refractivity contribution < 1.29 is 9.53 Å². The van der Waals surface area contributed by atoms with Gasteiger partial charge in [0.2, 0.25) is 0 Å². The number of ketones is 1. The van der Waals surface area contributed by atoms with Crippen molar-refractivity contribution in [1.29, 1.82) is 0 Å². The van der Waals surface area contributed by atoms with E-state index >= 15 is 0 Å². The minimum Gasteiger partial charge on any atom is -0.497 e. The van der Waals surface area contributed by atoms with E-state index in [1.807, 2.05) is 73.7 Å². The summed E-state index contributed by atoms with van der Waals surface area (Å²) in [6.07, 6.45) is 0.453. The number of hydrogen-bond acceptors (Lipinski definition) is 3. The molecule has 0 bridgehead atoms. The normalized spacial score (nSPS) is 11.8. The molecule has 0 amide bonds. The average Bonchev–Trinajstić information content (AvgIpc) is 2.69. The summed E-state index contributed by atoms with van der Waals surface area (Å²) >= 11 is 1.72. The van der Waals surface area contributed by atoms with E-state index in [1.165, 1.54) is 0 Å². The van der Waals surface area contributed by atoms with Crippen LogP contribution >= 0.6 is 11.8 Å². The van der Waals surface area contributed by atoms with Crippen LogP contribution in [0.1, 0.15) is 33.2 Å². The highest BCUT2D eigenvalue weighted by Gasteiger charge is 2.19. The van der Waals surface area contributed by atoms with Gasteiger partial charge >= 0.3 is 0 Å². The quantitative estimate of drug-likeness (QED) is 0.375. The van der Waals surface area contributed by atoms with Gasteiger partial charge in [0.1, 0.15) is 5.75 Å². The number of rotatable bonds is 7. The van der Waals surface area contributed by atoms with E-state index in [2.05, 4.69) is 12.1 Å². The molecule has 0 fully saturated rings. The summed E-state index contributed by atoms with van der Waals surface area (Å²) in [5.41, 5.74) is 3.05. The minimum absolute atomic E-state index is 0.0529. The molecule has 0 aliphatic heterocycles. The SMILES string of the molecule is COc1ccc(C(CC(=O)c2ccc(C)cc2)Sc2ccccc2)cc1. The molecule has 0 saturated carbocycles. The van der Waals surface area contributed by atoms with Gasteiger partial charge in [0.15, 0.2) is 5.78 Å². The second kappa shape index (κ2) is 8.72. The number of Topliss-reactive ketones (excluding diaryl/α,β-unsaturated/α-hetero) is 1. The maximum atomic E-state index is 12.8. The maximum absolute atomic E-state index is 12.8. The Morgan fingerprint density at radius 1 is 0.923 bits per heavy atom. The van der Waals surface area contributed by atoms with Crippen LogP contribution in [0.25, 0.3) is 0 Å². The third kappa shape index (κ3) is 4.77. The monoisotopic (exact) mass is 362 g/mol. The van der Waals surface area contributed by atoms with E-state index in [0.717, 1.165) is 27.3 Å². The average molecular weight is 362 g/mol. The molecule has 0 radical (unpaired) electrons. The topological polar surface area (TPSA) is 26.3 Å². The fraction of sp³-hybridized carbons (Fsp3) is 0.174. The lowest BCUT2D eigenvalue weighted by atomic mass is 10.0. The molecular weight excluding hydrogens is 340 g/mol. The van der Waals surface area contributed by atoms with Crippen LogP contribution in [0.2, 0.25) is 0 Å². The molecule has 0 N–H and O–H groups in total. The first-order valence-electron chi connectivity index (χ1n) is 8.61. The van der Waals surface area contributed by atoms with Crippen LogP contribution in [0, 0.1) is 6.92 Å². The number of benzene rings is 3. The fourth-order valence-electron chi connectivity index (χ4n) is 2.74. The lowest BCUT2D eigenvalue weighted by Gasteiger charge is -2.17. The maximum Gasteiger partial charge on any atom is 0.164 e. The largest absolute Gasteiger partial charge is 0.497 e. The Hall–Kier alpha value is -2.52. The summed E-state index contributed by atoms with van der Waals surface area (Å²) in [5, 5.41) is 0.0529.